The van der Waals surface area contributed by atoms with Crippen LogP contribution in [0.1, 0.15) is 25.3 Å². The van der Waals surface area contributed by atoms with Crippen molar-refractivity contribution in [2.75, 3.05) is 6.26 Å². The number of hydroxylamine groups is 1. The highest BCUT2D eigenvalue weighted by molar-refractivity contribution is 7.92. The largest absolute Gasteiger partial charge is 0.392 e. The van der Waals surface area contributed by atoms with Crippen molar-refractivity contribution in [3.63, 3.8) is 0 Å². The number of sulfone groups is 1. The van der Waals surface area contributed by atoms with Gasteiger partial charge in [-0.25, -0.2) is 18.3 Å². The van der Waals surface area contributed by atoms with Crippen LogP contribution in [0.5, 0.6) is 0 Å². The number of carbonyl (C=O) groups excluding carboxylic acids is 1. The van der Waals surface area contributed by atoms with Gasteiger partial charge in [0.15, 0.2) is 14.6 Å². The third kappa shape index (κ3) is 4.13. The van der Waals surface area contributed by atoms with Crippen LogP contribution in [0.2, 0.25) is 0 Å². The molecule has 0 fully saturated rings. The van der Waals surface area contributed by atoms with E-state index in [9.17, 15) is 17.6 Å². The number of nitrogens with one attached hydrogen (secondary N) is 1. The van der Waals surface area contributed by atoms with Gasteiger partial charge in [0.1, 0.15) is 11.9 Å². The Morgan fingerprint density at radius 1 is 1.31 bits per heavy atom. The summed E-state index contributed by atoms with van der Waals surface area (Å²) in [4.78, 5) is 21.0. The molecule has 1 aromatic carbocycles. The second-order valence-electron chi connectivity index (χ2n) is 7.05. The van der Waals surface area contributed by atoms with E-state index in [-0.39, 0.29) is 12.8 Å². The van der Waals surface area contributed by atoms with Gasteiger partial charge in [0.25, 0.3) is 5.91 Å². The minimum Gasteiger partial charge on any atom is -0.392 e. The summed E-state index contributed by atoms with van der Waals surface area (Å²) in [6, 6.07) is 8.58. The van der Waals surface area contributed by atoms with Gasteiger partial charge in [-0.15, -0.1) is 0 Å². The second kappa shape index (κ2) is 7.88. The molecule has 2 N–H and O–H groups in total. The average molecular weight is 421 g/mol. The molecule has 3 rings (SSSR count). The van der Waals surface area contributed by atoms with Crippen molar-refractivity contribution in [3.05, 3.63) is 54.1 Å². The molecular weight excluding hydrogens is 401 g/mol. The Balaban J connectivity index is 1.74. The number of oxime groups is 1. The van der Waals surface area contributed by atoms with Crippen LogP contribution in [0.3, 0.4) is 0 Å². The Kier molecular flexibility index (Phi) is 5.67. The van der Waals surface area contributed by atoms with Gasteiger partial charge in [0.05, 0.1) is 11.9 Å². The zero-order valence-corrected chi connectivity index (χ0v) is 16.6. The molecule has 2 heterocycles. The molecule has 10 heteroatoms. The SMILES string of the molecule is C[C@@](C[C@H]1CC(c2ccc(-c3ccncc3F)cc2)=NO1)(C(=O)NO)S(C)(=O)=O. The quantitative estimate of drug-likeness (QED) is 0.545. The molecule has 0 aliphatic carbocycles. The van der Waals surface area contributed by atoms with Crippen molar-refractivity contribution in [1.82, 2.24) is 10.5 Å². The molecular formula is C19H20FN3O5S. The first-order valence-electron chi connectivity index (χ1n) is 8.73. The highest BCUT2D eigenvalue weighted by Crippen LogP contribution is 2.30. The zero-order valence-electron chi connectivity index (χ0n) is 15.8. The van der Waals surface area contributed by atoms with Crippen molar-refractivity contribution in [2.24, 2.45) is 5.16 Å². The predicted octanol–water partition coefficient (Wildman–Crippen LogP) is 2.08. The van der Waals surface area contributed by atoms with Gasteiger partial charge in [-0.2, -0.15) is 0 Å². The van der Waals surface area contributed by atoms with E-state index in [1.165, 1.54) is 18.6 Å². The summed E-state index contributed by atoms with van der Waals surface area (Å²) in [5.41, 5.74) is 3.82. The van der Waals surface area contributed by atoms with Crippen LogP contribution >= 0.6 is 0 Å². The smallest absolute Gasteiger partial charge is 0.264 e. The van der Waals surface area contributed by atoms with Gasteiger partial charge in [0, 0.05) is 30.9 Å². The fourth-order valence-electron chi connectivity index (χ4n) is 3.12. The lowest BCUT2D eigenvalue weighted by atomic mass is 9.95. The summed E-state index contributed by atoms with van der Waals surface area (Å²) in [5, 5.41) is 12.9. The monoisotopic (exact) mass is 421 g/mol. The Hall–Kier alpha value is -2.85. The molecule has 2 aromatic rings. The molecule has 154 valence electrons. The van der Waals surface area contributed by atoms with E-state index < -0.39 is 32.4 Å². The van der Waals surface area contributed by atoms with Crippen LogP contribution in [0, 0.1) is 5.82 Å². The average Bonchev–Trinajstić information content (AvgIpc) is 3.15. The molecule has 0 saturated carbocycles. The molecule has 1 aromatic heterocycles. The summed E-state index contributed by atoms with van der Waals surface area (Å²) in [7, 11) is -3.83. The zero-order chi connectivity index (χ0) is 21.2. The van der Waals surface area contributed by atoms with E-state index in [0.717, 1.165) is 18.0 Å². The fourth-order valence-corrected chi connectivity index (χ4v) is 4.00. The van der Waals surface area contributed by atoms with E-state index in [4.69, 9.17) is 10.0 Å². The Labute approximate surface area is 167 Å². The van der Waals surface area contributed by atoms with Crippen LogP contribution in [-0.2, 0) is 19.5 Å². The number of rotatable bonds is 6. The highest BCUT2D eigenvalue weighted by Gasteiger charge is 2.47. The maximum absolute atomic E-state index is 13.9. The first kappa shape index (κ1) is 20.9. The first-order chi connectivity index (χ1) is 13.7. The molecule has 0 unspecified atom stereocenters. The number of hydrogen-bond acceptors (Lipinski definition) is 7. The molecule has 0 spiro atoms. The number of halogens is 1. The van der Waals surface area contributed by atoms with Crippen LogP contribution < -0.4 is 5.48 Å². The van der Waals surface area contributed by atoms with Crippen molar-refractivity contribution in [1.29, 1.82) is 0 Å². The van der Waals surface area contributed by atoms with Gasteiger partial charge in [-0.1, -0.05) is 29.4 Å². The maximum Gasteiger partial charge on any atom is 0.264 e. The lowest BCUT2D eigenvalue weighted by Crippen LogP contribution is -2.51. The summed E-state index contributed by atoms with van der Waals surface area (Å²) in [6.07, 6.45) is 3.03. The summed E-state index contributed by atoms with van der Waals surface area (Å²) in [6.45, 7) is 1.23. The number of pyridine rings is 1. The van der Waals surface area contributed by atoms with Gasteiger partial charge < -0.3 is 4.84 Å². The van der Waals surface area contributed by atoms with Crippen molar-refractivity contribution in [3.8, 4) is 11.1 Å². The Bertz CT molecular complexity index is 1060. The molecule has 8 nitrogen and oxygen atoms in total. The van der Waals surface area contributed by atoms with Gasteiger partial charge >= 0.3 is 0 Å². The van der Waals surface area contributed by atoms with E-state index in [1.54, 1.807) is 30.3 Å². The Morgan fingerprint density at radius 3 is 2.55 bits per heavy atom. The standard InChI is InChI=1S/C19H20FN3O5S/c1-19(18(24)22-25,29(2,26)27)10-14-9-17(23-28-14)13-5-3-12(4-6-13)15-7-8-21-11-16(15)20/h3-8,11,14,25H,9-10H2,1-2H3,(H,22,24)/t14-,19-/m1/s1. The van der Waals surface area contributed by atoms with Gasteiger partial charge in [-0.3, -0.25) is 15.0 Å². The predicted molar refractivity (Wildman–Crippen MR) is 103 cm³/mol. The third-order valence-corrected chi connectivity index (χ3v) is 7.04. The van der Waals surface area contributed by atoms with Crippen LogP contribution in [0.4, 0.5) is 4.39 Å². The van der Waals surface area contributed by atoms with Crippen LogP contribution in [0.15, 0.2) is 47.9 Å². The highest BCUT2D eigenvalue weighted by atomic mass is 32.2. The number of hydrogen-bond donors (Lipinski definition) is 2. The van der Waals surface area contributed by atoms with E-state index in [0.29, 0.717) is 16.8 Å². The molecule has 1 amide bonds. The Morgan fingerprint density at radius 2 is 1.97 bits per heavy atom. The maximum atomic E-state index is 13.9. The fraction of sp³-hybridized carbons (Fsp3) is 0.316. The van der Waals surface area contributed by atoms with Crippen molar-refractivity contribution in [2.45, 2.75) is 30.6 Å². The molecule has 29 heavy (non-hydrogen) atoms. The number of amides is 1. The van der Waals surface area contributed by atoms with Crippen molar-refractivity contribution < 1.29 is 27.6 Å². The topological polar surface area (TPSA) is 118 Å². The normalized spacial score (nSPS) is 18.5. The van der Waals surface area contributed by atoms with Gasteiger partial charge in [-0.05, 0) is 24.1 Å². The molecule has 2 atom stereocenters. The van der Waals surface area contributed by atoms with Crippen LogP contribution in [0.25, 0.3) is 11.1 Å². The summed E-state index contributed by atoms with van der Waals surface area (Å²) in [5.74, 6) is -1.45. The minimum atomic E-state index is -3.83. The van der Waals surface area contributed by atoms with Gasteiger partial charge in [0.2, 0.25) is 0 Å². The van der Waals surface area contributed by atoms with E-state index in [2.05, 4.69) is 10.1 Å². The second-order valence-corrected chi connectivity index (χ2v) is 9.50. The number of carbonyl (C=O) groups is 1. The number of benzene rings is 1. The number of nitrogens with zero attached hydrogens (tertiary/aromatic N) is 2. The molecule has 0 radical (unpaired) electrons. The molecule has 0 bridgehead atoms. The summed E-state index contributed by atoms with van der Waals surface area (Å²) < 4.78 is 36.2. The molecule has 1 aliphatic rings. The first-order valence-corrected chi connectivity index (χ1v) is 10.6. The molecule has 1 aliphatic heterocycles. The minimum absolute atomic E-state index is 0.175. The number of aromatic nitrogens is 1. The third-order valence-electron chi connectivity index (χ3n) is 5.05. The van der Waals surface area contributed by atoms with E-state index >= 15 is 0 Å². The summed E-state index contributed by atoms with van der Waals surface area (Å²) >= 11 is 0. The lowest BCUT2D eigenvalue weighted by molar-refractivity contribution is -0.132. The lowest BCUT2D eigenvalue weighted by Gasteiger charge is -2.26. The van der Waals surface area contributed by atoms with E-state index in [1.807, 2.05) is 0 Å². The van der Waals surface area contributed by atoms with Crippen molar-refractivity contribution >= 4 is 21.5 Å². The molecule has 0 saturated heterocycles. The van der Waals surface area contributed by atoms with Crippen LogP contribution in [-0.4, -0.2) is 47.3 Å².